The molecule has 2 N–H and O–H groups in total. The molecule has 0 aromatic heterocycles. The summed E-state index contributed by atoms with van der Waals surface area (Å²) in [5.41, 5.74) is 6.59. The molecular weight excluding hydrogens is 278 g/mol. The number of rotatable bonds is 4. The number of carbonyl (C=O) groups excluding carboxylic acids is 1. The van der Waals surface area contributed by atoms with E-state index in [2.05, 4.69) is 25.7 Å². The lowest BCUT2D eigenvalue weighted by Crippen LogP contribution is -2.55. The average molecular weight is 311 g/mol. The van der Waals surface area contributed by atoms with Gasteiger partial charge in [-0.3, -0.25) is 9.69 Å². The van der Waals surface area contributed by atoms with E-state index < -0.39 is 0 Å². The third-order valence-electron chi connectivity index (χ3n) is 4.92. The second-order valence-corrected chi connectivity index (χ2v) is 7.95. The Morgan fingerprint density at radius 3 is 2.32 bits per heavy atom. The molecule has 0 radical (unpaired) electrons. The van der Waals surface area contributed by atoms with Gasteiger partial charge >= 0.3 is 0 Å². The summed E-state index contributed by atoms with van der Waals surface area (Å²) in [4.78, 5) is 17.0. The molecule has 0 aromatic carbocycles. The van der Waals surface area contributed by atoms with Gasteiger partial charge in [-0.25, -0.2) is 0 Å². The van der Waals surface area contributed by atoms with Gasteiger partial charge in [0.25, 0.3) is 0 Å². The van der Waals surface area contributed by atoms with Crippen LogP contribution in [0.3, 0.4) is 0 Å². The van der Waals surface area contributed by atoms with Gasteiger partial charge < -0.3 is 15.4 Å². The van der Waals surface area contributed by atoms with Gasteiger partial charge in [-0.05, 0) is 37.1 Å². The van der Waals surface area contributed by atoms with Crippen LogP contribution in [0, 0.1) is 11.3 Å². The molecule has 5 nitrogen and oxygen atoms in total. The maximum Gasteiger partial charge on any atom is 0.239 e. The first kappa shape index (κ1) is 17.7. The highest BCUT2D eigenvalue weighted by Crippen LogP contribution is 2.21. The van der Waals surface area contributed by atoms with Crippen LogP contribution < -0.4 is 5.73 Å². The molecule has 1 unspecified atom stereocenters. The van der Waals surface area contributed by atoms with Gasteiger partial charge in [-0.15, -0.1) is 0 Å². The number of ether oxygens (including phenoxy) is 1. The topological polar surface area (TPSA) is 58.8 Å². The first-order chi connectivity index (χ1) is 10.4. The fourth-order valence-corrected chi connectivity index (χ4v) is 3.17. The Morgan fingerprint density at radius 2 is 1.77 bits per heavy atom. The summed E-state index contributed by atoms with van der Waals surface area (Å²) in [5, 5.41) is 0. The van der Waals surface area contributed by atoms with E-state index in [1.165, 1.54) is 6.42 Å². The molecule has 128 valence electrons. The maximum absolute atomic E-state index is 12.6. The zero-order chi connectivity index (χ0) is 16.2. The minimum atomic E-state index is -0.343. The predicted octanol–water partition coefficient (Wildman–Crippen LogP) is 1.32. The lowest BCUT2D eigenvalue weighted by Gasteiger charge is -2.38. The fraction of sp³-hybridized carbons (Fsp3) is 0.941. The van der Waals surface area contributed by atoms with E-state index in [9.17, 15) is 4.79 Å². The van der Waals surface area contributed by atoms with Gasteiger partial charge in [0.15, 0.2) is 0 Å². The number of carbonyl (C=O) groups is 1. The largest absolute Gasteiger partial charge is 0.381 e. The van der Waals surface area contributed by atoms with Crippen LogP contribution in [0.25, 0.3) is 0 Å². The number of hydrogen-bond acceptors (Lipinski definition) is 4. The second-order valence-electron chi connectivity index (χ2n) is 7.95. The first-order valence-electron chi connectivity index (χ1n) is 8.71. The molecule has 2 saturated heterocycles. The van der Waals surface area contributed by atoms with Crippen LogP contribution in [0.15, 0.2) is 0 Å². The molecule has 0 saturated carbocycles. The van der Waals surface area contributed by atoms with Crippen molar-refractivity contribution in [2.75, 3.05) is 45.9 Å². The van der Waals surface area contributed by atoms with Crippen molar-refractivity contribution in [2.45, 2.75) is 46.1 Å². The van der Waals surface area contributed by atoms with E-state index in [1.54, 1.807) is 0 Å². The predicted molar refractivity (Wildman–Crippen MR) is 88.6 cm³/mol. The van der Waals surface area contributed by atoms with Crippen molar-refractivity contribution in [3.8, 4) is 0 Å². The lowest BCUT2D eigenvalue weighted by molar-refractivity contribution is -0.136. The highest BCUT2D eigenvalue weighted by molar-refractivity contribution is 5.82. The number of nitrogens with zero attached hydrogens (tertiary/aromatic N) is 2. The molecule has 0 spiro atoms. The Hall–Kier alpha value is -0.650. The molecule has 0 aliphatic carbocycles. The van der Waals surface area contributed by atoms with Gasteiger partial charge in [0.05, 0.1) is 6.04 Å². The summed E-state index contributed by atoms with van der Waals surface area (Å²) in [6.07, 6.45) is 3.03. The zero-order valence-electron chi connectivity index (χ0n) is 14.5. The van der Waals surface area contributed by atoms with E-state index in [4.69, 9.17) is 10.5 Å². The molecule has 1 amide bonds. The lowest BCUT2D eigenvalue weighted by atomic mass is 9.91. The number of hydrogen-bond donors (Lipinski definition) is 1. The van der Waals surface area contributed by atoms with Crippen LogP contribution in [0.4, 0.5) is 0 Å². The molecule has 5 heteroatoms. The highest BCUT2D eigenvalue weighted by atomic mass is 16.5. The third kappa shape index (κ3) is 5.21. The summed E-state index contributed by atoms with van der Waals surface area (Å²) < 4.78 is 5.36. The fourth-order valence-electron chi connectivity index (χ4n) is 3.17. The molecule has 0 bridgehead atoms. The van der Waals surface area contributed by atoms with Gasteiger partial charge in [0, 0.05) is 39.4 Å². The van der Waals surface area contributed by atoms with Crippen LogP contribution in [-0.2, 0) is 9.53 Å². The minimum Gasteiger partial charge on any atom is -0.381 e. The smallest absolute Gasteiger partial charge is 0.239 e. The summed E-state index contributed by atoms with van der Waals surface area (Å²) in [6, 6.07) is -0.343. The Labute approximate surface area is 135 Å². The Bertz CT molecular complexity index is 353. The van der Waals surface area contributed by atoms with E-state index >= 15 is 0 Å². The molecular formula is C17H33N3O2. The standard InChI is InChI=1S/C17H33N3O2/c1-17(2,3)6-7-19-8-10-20(11-9-19)16(21)15(18)14-4-12-22-13-5-14/h14-15H,4-13,18H2,1-3H3. The number of piperazine rings is 1. The highest BCUT2D eigenvalue weighted by Gasteiger charge is 2.31. The van der Waals surface area contributed by atoms with Gasteiger partial charge in [0.1, 0.15) is 0 Å². The zero-order valence-corrected chi connectivity index (χ0v) is 14.5. The van der Waals surface area contributed by atoms with Crippen LogP contribution in [0.2, 0.25) is 0 Å². The molecule has 2 fully saturated rings. The van der Waals surface area contributed by atoms with Crippen molar-refractivity contribution >= 4 is 5.91 Å². The van der Waals surface area contributed by atoms with E-state index in [0.29, 0.717) is 11.3 Å². The minimum absolute atomic E-state index is 0.141. The summed E-state index contributed by atoms with van der Waals surface area (Å²) >= 11 is 0. The molecule has 2 heterocycles. The SMILES string of the molecule is CC(C)(C)CCN1CCN(C(=O)C(N)C2CCOCC2)CC1. The first-order valence-corrected chi connectivity index (χ1v) is 8.71. The molecule has 22 heavy (non-hydrogen) atoms. The van der Waals surface area contributed by atoms with Crippen molar-refractivity contribution < 1.29 is 9.53 Å². The molecule has 2 rings (SSSR count). The van der Waals surface area contributed by atoms with E-state index in [1.807, 2.05) is 4.90 Å². The van der Waals surface area contributed by atoms with E-state index in [-0.39, 0.29) is 11.9 Å². The Morgan fingerprint density at radius 1 is 1.18 bits per heavy atom. The summed E-state index contributed by atoms with van der Waals surface area (Å²) in [7, 11) is 0. The van der Waals surface area contributed by atoms with Crippen molar-refractivity contribution in [1.82, 2.24) is 9.80 Å². The van der Waals surface area contributed by atoms with Crippen molar-refractivity contribution in [1.29, 1.82) is 0 Å². The number of amides is 1. The van der Waals surface area contributed by atoms with Crippen molar-refractivity contribution in [2.24, 2.45) is 17.1 Å². The summed E-state index contributed by atoms with van der Waals surface area (Å²) in [5.74, 6) is 0.433. The van der Waals surface area contributed by atoms with Gasteiger partial charge in [-0.1, -0.05) is 20.8 Å². The van der Waals surface area contributed by atoms with Crippen LogP contribution in [0.5, 0.6) is 0 Å². The molecule has 0 aromatic rings. The second kappa shape index (κ2) is 7.75. The molecule has 1 atom stereocenters. The van der Waals surface area contributed by atoms with Gasteiger partial charge in [-0.2, -0.15) is 0 Å². The monoisotopic (exact) mass is 311 g/mol. The maximum atomic E-state index is 12.6. The normalized spacial score (nSPS) is 23.5. The van der Waals surface area contributed by atoms with Crippen LogP contribution in [0.1, 0.15) is 40.0 Å². The van der Waals surface area contributed by atoms with Crippen LogP contribution >= 0.6 is 0 Å². The quantitative estimate of drug-likeness (QED) is 0.851. The summed E-state index contributed by atoms with van der Waals surface area (Å²) in [6.45, 7) is 13.0. The Kier molecular flexibility index (Phi) is 6.24. The third-order valence-corrected chi connectivity index (χ3v) is 4.92. The Balaban J connectivity index is 1.74. The van der Waals surface area contributed by atoms with Crippen molar-refractivity contribution in [3.05, 3.63) is 0 Å². The molecule has 2 aliphatic heterocycles. The van der Waals surface area contributed by atoms with Crippen molar-refractivity contribution in [3.63, 3.8) is 0 Å². The van der Waals surface area contributed by atoms with Crippen LogP contribution in [-0.4, -0.2) is 67.7 Å². The molecule has 2 aliphatic rings. The average Bonchev–Trinajstić information content (AvgIpc) is 2.52. The van der Waals surface area contributed by atoms with Gasteiger partial charge in [0.2, 0.25) is 5.91 Å². The van der Waals surface area contributed by atoms with E-state index in [0.717, 1.165) is 58.8 Å². The number of nitrogens with two attached hydrogens (primary N) is 1.